The van der Waals surface area contributed by atoms with Gasteiger partial charge in [-0.1, -0.05) is 12.1 Å². The van der Waals surface area contributed by atoms with Crippen LogP contribution in [0.15, 0.2) is 71.6 Å². The summed E-state index contributed by atoms with van der Waals surface area (Å²) in [6.45, 7) is 2.99. The third kappa shape index (κ3) is 9.81. The second kappa shape index (κ2) is 17.0. The molecule has 0 saturated heterocycles. The molecule has 0 bridgehead atoms. The smallest absolute Gasteiger partial charge is 0.414 e. The lowest BCUT2D eigenvalue weighted by Crippen LogP contribution is -2.33. The zero-order valence-corrected chi connectivity index (χ0v) is 26.0. The Labute approximate surface area is 261 Å². The Morgan fingerprint density at radius 1 is 0.841 bits per heavy atom. The zero-order chi connectivity index (χ0) is 32.1. The van der Waals surface area contributed by atoms with Crippen LogP contribution in [0.5, 0.6) is 23.0 Å². The largest absolute Gasteiger partial charge is 0.497 e. The highest BCUT2D eigenvalue weighted by molar-refractivity contribution is 8.00. The predicted molar refractivity (Wildman–Crippen MR) is 167 cm³/mol. The van der Waals surface area contributed by atoms with Crippen molar-refractivity contribution in [1.29, 1.82) is 0 Å². The number of carboxylic acids is 2. The van der Waals surface area contributed by atoms with Crippen LogP contribution < -0.4 is 23.8 Å². The average molecular weight is 627 g/mol. The summed E-state index contributed by atoms with van der Waals surface area (Å²) in [6.07, 6.45) is 1.90. The van der Waals surface area contributed by atoms with Gasteiger partial charge in [0.2, 0.25) is 5.91 Å². The highest BCUT2D eigenvalue weighted by atomic mass is 32.2. The van der Waals surface area contributed by atoms with Crippen LogP contribution in [0.1, 0.15) is 23.7 Å². The maximum atomic E-state index is 13.3. The Kier molecular flexibility index (Phi) is 13.2. The molecular weight excluding hydrogens is 588 g/mol. The molecule has 1 atom stereocenters. The first kappa shape index (κ1) is 34.1. The molecule has 1 amide bonds. The molecule has 0 aliphatic carbocycles. The van der Waals surface area contributed by atoms with E-state index >= 15 is 0 Å². The normalized spacial score (nSPS) is 13.8. The number of anilines is 1. The number of amides is 1. The number of carbonyl (C=O) groups is 3. The number of hydrogen-bond acceptors (Lipinski definition) is 9. The van der Waals surface area contributed by atoms with Crippen molar-refractivity contribution in [2.24, 2.45) is 0 Å². The fraction of sp³-hybridized carbons (Fsp3) is 0.344. The van der Waals surface area contributed by atoms with E-state index in [0.717, 1.165) is 59.3 Å². The van der Waals surface area contributed by atoms with Crippen LogP contribution >= 0.6 is 11.8 Å². The molecule has 1 unspecified atom stereocenters. The fourth-order valence-electron chi connectivity index (χ4n) is 4.26. The Morgan fingerprint density at radius 3 is 2.14 bits per heavy atom. The van der Waals surface area contributed by atoms with Gasteiger partial charge in [0.25, 0.3) is 0 Å². The third-order valence-corrected chi connectivity index (χ3v) is 7.99. The number of methoxy groups -OCH3 is 2. The molecule has 2 N–H and O–H groups in total. The summed E-state index contributed by atoms with van der Waals surface area (Å²) in [5.41, 5.74) is 1.77. The number of aliphatic carboxylic acids is 2. The monoisotopic (exact) mass is 626 g/mol. The van der Waals surface area contributed by atoms with Gasteiger partial charge in [0.1, 0.15) is 34.9 Å². The number of rotatable bonds is 13. The molecule has 0 saturated carbocycles. The van der Waals surface area contributed by atoms with E-state index < -0.39 is 17.2 Å². The van der Waals surface area contributed by atoms with Crippen LogP contribution in [-0.2, 0) is 14.4 Å². The minimum Gasteiger partial charge on any atom is -0.497 e. The summed E-state index contributed by atoms with van der Waals surface area (Å²) in [6, 6.07) is 21.3. The van der Waals surface area contributed by atoms with E-state index in [1.54, 1.807) is 30.9 Å². The van der Waals surface area contributed by atoms with E-state index in [4.69, 9.17) is 38.7 Å². The molecule has 236 valence electrons. The number of hydrogen-bond donors (Lipinski definition) is 2. The Balaban J connectivity index is 0.000000801. The number of carbonyl (C=O) groups excluding carboxylic acids is 1. The fourth-order valence-corrected chi connectivity index (χ4v) is 5.57. The van der Waals surface area contributed by atoms with Gasteiger partial charge < -0.3 is 39.0 Å². The minimum absolute atomic E-state index is 0.0327. The van der Waals surface area contributed by atoms with Gasteiger partial charge in [-0.3, -0.25) is 4.79 Å². The summed E-state index contributed by atoms with van der Waals surface area (Å²) >= 11 is 1.56. The van der Waals surface area contributed by atoms with Crippen molar-refractivity contribution in [3.05, 3.63) is 72.3 Å². The number of ether oxygens (including phenoxy) is 4. The molecule has 11 nitrogen and oxygen atoms in total. The molecule has 12 heteroatoms. The van der Waals surface area contributed by atoms with Crippen LogP contribution in [0.2, 0.25) is 0 Å². The molecule has 3 aromatic rings. The summed E-state index contributed by atoms with van der Waals surface area (Å²) < 4.78 is 22.7. The number of carboxylic acid groups (broad SMARTS) is 2. The molecule has 0 radical (unpaired) electrons. The Morgan fingerprint density at radius 2 is 1.48 bits per heavy atom. The van der Waals surface area contributed by atoms with Crippen molar-refractivity contribution >= 4 is 35.3 Å². The van der Waals surface area contributed by atoms with Crippen molar-refractivity contribution in [2.75, 3.05) is 59.5 Å². The van der Waals surface area contributed by atoms with Crippen LogP contribution in [0.25, 0.3) is 0 Å². The molecule has 1 aliphatic rings. The highest BCUT2D eigenvalue weighted by Crippen LogP contribution is 2.48. The zero-order valence-electron chi connectivity index (χ0n) is 25.2. The first-order chi connectivity index (χ1) is 21.1. The SMILES string of the molecule is COc1ccc(OCCN(C)CCCCOc2ccc(OC)cc2C2Sc3ccccc3N(C)C2=O)cc1.O=C(O)C(=O)O. The standard InChI is InChI=1S/C30H36N2O5S.C2H2O4/c1-31(18-20-36-23-13-11-22(34-3)12-14-23)17-7-8-19-37-27-16-15-24(35-4)21-25(27)29-30(33)32(2)26-9-5-6-10-28(26)38-29;3-1(4)2(5)6/h5-6,9-16,21,29H,7-8,17-20H2,1-4H3;(H,3,4)(H,5,6). The molecule has 0 fully saturated rings. The number of para-hydroxylation sites is 1. The van der Waals surface area contributed by atoms with Gasteiger partial charge in [-0.05, 0) is 81.0 Å². The number of thioether (sulfide) groups is 1. The van der Waals surface area contributed by atoms with Crippen molar-refractivity contribution in [1.82, 2.24) is 4.90 Å². The highest BCUT2D eigenvalue weighted by Gasteiger charge is 2.34. The van der Waals surface area contributed by atoms with Crippen molar-refractivity contribution < 1.29 is 43.5 Å². The number of benzene rings is 3. The van der Waals surface area contributed by atoms with E-state index in [2.05, 4.69) is 18.0 Å². The predicted octanol–water partition coefficient (Wildman–Crippen LogP) is 4.84. The maximum Gasteiger partial charge on any atom is 0.414 e. The van der Waals surface area contributed by atoms with Crippen molar-refractivity contribution in [2.45, 2.75) is 23.0 Å². The van der Waals surface area contributed by atoms with Gasteiger partial charge >= 0.3 is 11.9 Å². The van der Waals surface area contributed by atoms with Gasteiger partial charge in [0.15, 0.2) is 0 Å². The van der Waals surface area contributed by atoms with Gasteiger partial charge in [0.05, 0.1) is 26.5 Å². The van der Waals surface area contributed by atoms with E-state index in [9.17, 15) is 4.79 Å². The topological polar surface area (TPSA) is 135 Å². The molecule has 3 aromatic carbocycles. The van der Waals surface area contributed by atoms with Gasteiger partial charge in [0, 0.05) is 24.1 Å². The van der Waals surface area contributed by atoms with Crippen molar-refractivity contribution in [3.63, 3.8) is 0 Å². The molecule has 1 heterocycles. The Hall–Kier alpha value is -4.42. The van der Waals surface area contributed by atoms with Crippen LogP contribution in [0, 0.1) is 0 Å². The molecule has 44 heavy (non-hydrogen) atoms. The lowest BCUT2D eigenvalue weighted by molar-refractivity contribution is -0.159. The average Bonchev–Trinajstić information content (AvgIpc) is 3.03. The summed E-state index contributed by atoms with van der Waals surface area (Å²) in [5.74, 6) is -0.519. The van der Waals surface area contributed by atoms with Crippen LogP contribution in [0.3, 0.4) is 0 Å². The molecule has 0 spiro atoms. The number of likely N-dealkylation sites (N-methyl/N-ethyl adjacent to an activating group) is 2. The lowest BCUT2D eigenvalue weighted by atomic mass is 10.1. The van der Waals surface area contributed by atoms with Gasteiger partial charge in [-0.15, -0.1) is 11.8 Å². The molecular formula is C32H38N2O9S. The number of unbranched alkanes of at least 4 members (excludes halogenated alkanes) is 1. The van der Waals surface area contributed by atoms with Crippen LogP contribution in [-0.4, -0.2) is 87.6 Å². The first-order valence-electron chi connectivity index (χ1n) is 13.9. The van der Waals surface area contributed by atoms with E-state index in [1.807, 2.05) is 67.7 Å². The van der Waals surface area contributed by atoms with E-state index in [-0.39, 0.29) is 5.91 Å². The van der Waals surface area contributed by atoms with Crippen molar-refractivity contribution in [3.8, 4) is 23.0 Å². The quantitative estimate of drug-likeness (QED) is 0.199. The minimum atomic E-state index is -1.82. The van der Waals surface area contributed by atoms with Crippen LogP contribution in [0.4, 0.5) is 5.69 Å². The van der Waals surface area contributed by atoms with E-state index in [1.165, 1.54) is 0 Å². The summed E-state index contributed by atoms with van der Waals surface area (Å²) in [5, 5.41) is 14.4. The second-order valence-corrected chi connectivity index (χ2v) is 10.9. The summed E-state index contributed by atoms with van der Waals surface area (Å²) in [4.78, 5) is 36.5. The lowest BCUT2D eigenvalue weighted by Gasteiger charge is -2.32. The molecule has 1 aliphatic heterocycles. The first-order valence-corrected chi connectivity index (χ1v) is 14.8. The second-order valence-electron chi connectivity index (χ2n) is 9.76. The molecule has 4 rings (SSSR count). The van der Waals surface area contributed by atoms with Gasteiger partial charge in [-0.2, -0.15) is 0 Å². The Bertz CT molecular complexity index is 1390. The maximum absolute atomic E-state index is 13.3. The molecule has 0 aromatic heterocycles. The summed E-state index contributed by atoms with van der Waals surface area (Å²) in [7, 11) is 7.21. The third-order valence-electron chi connectivity index (χ3n) is 6.70. The number of nitrogens with zero attached hydrogens (tertiary/aromatic N) is 2. The number of fused-ring (bicyclic) bond motifs is 1. The van der Waals surface area contributed by atoms with E-state index in [0.29, 0.717) is 19.0 Å². The van der Waals surface area contributed by atoms with Gasteiger partial charge in [-0.25, -0.2) is 9.59 Å².